The molecule has 1 fully saturated rings. The minimum Gasteiger partial charge on any atom is -0.489 e. The van der Waals surface area contributed by atoms with Gasteiger partial charge in [0.25, 0.3) is 0 Å². The van der Waals surface area contributed by atoms with E-state index in [1.54, 1.807) is 12.4 Å². The first-order chi connectivity index (χ1) is 7.84. The summed E-state index contributed by atoms with van der Waals surface area (Å²) < 4.78 is 10.8. The molecule has 0 aliphatic carbocycles. The van der Waals surface area contributed by atoms with Crippen LogP contribution in [0.5, 0.6) is 5.75 Å². The Labute approximate surface area is 95.4 Å². The van der Waals surface area contributed by atoms with Crippen LogP contribution < -0.4 is 4.74 Å². The van der Waals surface area contributed by atoms with Crippen LogP contribution in [0.25, 0.3) is 0 Å². The highest BCUT2D eigenvalue weighted by atomic mass is 16.5. The second-order valence-electron chi connectivity index (χ2n) is 3.77. The Morgan fingerprint density at radius 2 is 2.00 bits per heavy atom. The van der Waals surface area contributed by atoms with Gasteiger partial charge in [-0.2, -0.15) is 0 Å². The van der Waals surface area contributed by atoms with Gasteiger partial charge in [0.15, 0.2) is 5.75 Å². The lowest BCUT2D eigenvalue weighted by molar-refractivity contribution is 0.0322. The van der Waals surface area contributed by atoms with Crippen molar-refractivity contribution in [2.24, 2.45) is 0 Å². The maximum absolute atomic E-state index is 5.56. The Balaban J connectivity index is 1.69. The zero-order valence-electron chi connectivity index (χ0n) is 9.56. The average Bonchev–Trinajstić information content (AvgIpc) is 2.33. The van der Waals surface area contributed by atoms with Gasteiger partial charge in [-0.05, 0) is 6.92 Å². The zero-order chi connectivity index (χ0) is 11.2. The van der Waals surface area contributed by atoms with Crippen molar-refractivity contribution in [3.05, 3.63) is 18.2 Å². The van der Waals surface area contributed by atoms with Crippen molar-refractivity contribution in [3.63, 3.8) is 0 Å². The lowest BCUT2D eigenvalue weighted by atomic mass is 10.4. The lowest BCUT2D eigenvalue weighted by Crippen LogP contribution is -2.38. The fourth-order valence-electron chi connectivity index (χ4n) is 1.57. The van der Waals surface area contributed by atoms with E-state index in [2.05, 4.69) is 14.9 Å². The first-order valence-electron chi connectivity index (χ1n) is 5.56. The van der Waals surface area contributed by atoms with E-state index < -0.39 is 0 Å². The molecule has 0 amide bonds. The van der Waals surface area contributed by atoms with Crippen LogP contribution in [-0.2, 0) is 4.74 Å². The normalized spacial score (nSPS) is 17.3. The lowest BCUT2D eigenvalue weighted by Gasteiger charge is -2.26. The zero-order valence-corrected chi connectivity index (χ0v) is 9.56. The summed E-state index contributed by atoms with van der Waals surface area (Å²) in [7, 11) is 0. The van der Waals surface area contributed by atoms with Crippen LogP contribution in [0.15, 0.2) is 12.4 Å². The highest BCUT2D eigenvalue weighted by Gasteiger charge is 2.09. The van der Waals surface area contributed by atoms with Crippen molar-refractivity contribution in [1.29, 1.82) is 0 Å². The number of ether oxygens (including phenoxy) is 2. The fraction of sp³-hybridized carbons (Fsp3) is 0.636. The van der Waals surface area contributed by atoms with Crippen LogP contribution in [0.3, 0.4) is 0 Å². The van der Waals surface area contributed by atoms with Gasteiger partial charge in [0.1, 0.15) is 12.4 Å². The molecule has 1 aliphatic rings. The van der Waals surface area contributed by atoms with Gasteiger partial charge in [-0.1, -0.05) is 0 Å². The standard InChI is InChI=1S/C11H17N3O2/c1-10-12-8-11(9-13-10)16-7-4-14-2-5-15-6-3-14/h8-9H,2-7H2,1H3. The Hall–Kier alpha value is -1.20. The molecule has 5 nitrogen and oxygen atoms in total. The number of hydrogen-bond acceptors (Lipinski definition) is 5. The van der Waals surface area contributed by atoms with E-state index in [0.29, 0.717) is 6.61 Å². The molecule has 2 heterocycles. The molecule has 1 aliphatic heterocycles. The van der Waals surface area contributed by atoms with E-state index in [1.807, 2.05) is 6.92 Å². The minimum absolute atomic E-state index is 0.673. The van der Waals surface area contributed by atoms with Crippen LogP contribution in [0.4, 0.5) is 0 Å². The molecule has 16 heavy (non-hydrogen) atoms. The molecule has 2 rings (SSSR count). The fourth-order valence-corrected chi connectivity index (χ4v) is 1.57. The predicted octanol–water partition coefficient (Wildman–Crippen LogP) is 0.496. The third kappa shape index (κ3) is 3.43. The van der Waals surface area contributed by atoms with Crippen molar-refractivity contribution < 1.29 is 9.47 Å². The van der Waals surface area contributed by atoms with E-state index >= 15 is 0 Å². The molecule has 1 aromatic heterocycles. The van der Waals surface area contributed by atoms with Crippen molar-refractivity contribution in [1.82, 2.24) is 14.9 Å². The van der Waals surface area contributed by atoms with E-state index in [1.165, 1.54) is 0 Å². The number of aryl methyl sites for hydroxylation is 1. The van der Waals surface area contributed by atoms with Gasteiger partial charge in [0, 0.05) is 19.6 Å². The molecule has 1 aromatic rings. The minimum atomic E-state index is 0.673. The predicted molar refractivity (Wildman–Crippen MR) is 59.5 cm³/mol. The topological polar surface area (TPSA) is 47.5 Å². The summed E-state index contributed by atoms with van der Waals surface area (Å²) in [5.74, 6) is 1.50. The highest BCUT2D eigenvalue weighted by Crippen LogP contribution is 2.05. The molecular formula is C11H17N3O2. The molecule has 0 spiro atoms. The third-order valence-corrected chi connectivity index (χ3v) is 2.54. The molecule has 0 radical (unpaired) electrons. The third-order valence-electron chi connectivity index (χ3n) is 2.54. The van der Waals surface area contributed by atoms with Crippen LogP contribution in [0.1, 0.15) is 5.82 Å². The summed E-state index contributed by atoms with van der Waals surface area (Å²) >= 11 is 0. The average molecular weight is 223 g/mol. The molecule has 88 valence electrons. The Morgan fingerprint density at radius 3 is 2.69 bits per heavy atom. The van der Waals surface area contributed by atoms with Gasteiger partial charge in [0.2, 0.25) is 0 Å². The van der Waals surface area contributed by atoms with Gasteiger partial charge >= 0.3 is 0 Å². The molecule has 5 heteroatoms. The van der Waals surface area contributed by atoms with Crippen molar-refractivity contribution in [2.75, 3.05) is 39.5 Å². The van der Waals surface area contributed by atoms with E-state index in [4.69, 9.17) is 9.47 Å². The summed E-state index contributed by atoms with van der Waals surface area (Å²) in [6.07, 6.45) is 3.42. The van der Waals surface area contributed by atoms with Gasteiger partial charge < -0.3 is 9.47 Å². The van der Waals surface area contributed by atoms with Crippen molar-refractivity contribution >= 4 is 0 Å². The van der Waals surface area contributed by atoms with Crippen LogP contribution in [0, 0.1) is 6.92 Å². The first-order valence-corrected chi connectivity index (χ1v) is 5.56. The van der Waals surface area contributed by atoms with Crippen molar-refractivity contribution in [2.45, 2.75) is 6.92 Å². The quantitative estimate of drug-likeness (QED) is 0.743. The summed E-state index contributed by atoms with van der Waals surface area (Å²) in [6, 6.07) is 0. The van der Waals surface area contributed by atoms with E-state index in [9.17, 15) is 0 Å². The molecule has 1 saturated heterocycles. The highest BCUT2D eigenvalue weighted by molar-refractivity contribution is 5.11. The maximum atomic E-state index is 5.56. The molecule has 0 N–H and O–H groups in total. The van der Waals surface area contributed by atoms with Crippen LogP contribution >= 0.6 is 0 Å². The van der Waals surface area contributed by atoms with Gasteiger partial charge in [-0.15, -0.1) is 0 Å². The van der Waals surface area contributed by atoms with E-state index in [-0.39, 0.29) is 0 Å². The SMILES string of the molecule is Cc1ncc(OCCN2CCOCC2)cn1. The smallest absolute Gasteiger partial charge is 0.155 e. The maximum Gasteiger partial charge on any atom is 0.155 e. The van der Waals surface area contributed by atoms with Gasteiger partial charge in [0.05, 0.1) is 25.6 Å². The summed E-state index contributed by atoms with van der Waals surface area (Å²) in [5.41, 5.74) is 0. The number of hydrogen-bond donors (Lipinski definition) is 0. The van der Waals surface area contributed by atoms with Crippen LogP contribution in [0.2, 0.25) is 0 Å². The molecule has 0 aromatic carbocycles. The summed E-state index contributed by atoms with van der Waals surface area (Å²) in [5, 5.41) is 0. The Morgan fingerprint density at radius 1 is 1.31 bits per heavy atom. The second kappa shape index (κ2) is 5.77. The van der Waals surface area contributed by atoms with Gasteiger partial charge in [-0.3, -0.25) is 4.90 Å². The first kappa shape index (κ1) is 11.3. The number of morpholine rings is 1. The number of rotatable bonds is 4. The molecule has 0 bridgehead atoms. The Bertz CT molecular complexity index is 310. The Kier molecular flexibility index (Phi) is 4.07. The molecule has 0 saturated carbocycles. The summed E-state index contributed by atoms with van der Waals surface area (Å²) in [6.45, 7) is 7.10. The van der Waals surface area contributed by atoms with E-state index in [0.717, 1.165) is 44.4 Å². The molecule has 0 unspecified atom stereocenters. The second-order valence-corrected chi connectivity index (χ2v) is 3.77. The number of aromatic nitrogens is 2. The molecular weight excluding hydrogens is 206 g/mol. The summed E-state index contributed by atoms with van der Waals surface area (Å²) in [4.78, 5) is 10.5. The van der Waals surface area contributed by atoms with Crippen LogP contribution in [-0.4, -0.2) is 54.3 Å². The largest absolute Gasteiger partial charge is 0.489 e. The molecule has 0 atom stereocenters. The number of nitrogens with zero attached hydrogens (tertiary/aromatic N) is 3. The van der Waals surface area contributed by atoms with Crippen molar-refractivity contribution in [3.8, 4) is 5.75 Å². The van der Waals surface area contributed by atoms with Gasteiger partial charge in [-0.25, -0.2) is 9.97 Å². The monoisotopic (exact) mass is 223 g/mol.